The van der Waals surface area contributed by atoms with Crippen molar-refractivity contribution in [3.8, 4) is 0 Å². The normalized spacial score (nSPS) is 17.1. The highest BCUT2D eigenvalue weighted by molar-refractivity contribution is 5.89. The summed E-state index contributed by atoms with van der Waals surface area (Å²) < 4.78 is 0. The second kappa shape index (κ2) is 5.32. The van der Waals surface area contributed by atoms with Crippen molar-refractivity contribution in [3.05, 3.63) is 35.4 Å². The molecule has 0 saturated heterocycles. The Labute approximate surface area is 101 Å². The van der Waals surface area contributed by atoms with E-state index in [1.165, 1.54) is 6.42 Å². The number of carboxylic acids is 1. The Morgan fingerprint density at radius 1 is 1.38 bits per heavy atom. The van der Waals surface area contributed by atoms with E-state index >= 15 is 0 Å². The van der Waals surface area contributed by atoms with Gasteiger partial charge >= 0.3 is 5.97 Å². The number of rotatable bonds is 3. The molecule has 1 fully saturated rings. The van der Waals surface area contributed by atoms with E-state index in [4.69, 9.17) is 10.8 Å². The molecular formula is C12H16ClNO2. The second-order valence-electron chi connectivity index (χ2n) is 4.11. The zero-order valence-corrected chi connectivity index (χ0v) is 9.74. The smallest absolute Gasteiger partial charge is 0.336 e. The maximum absolute atomic E-state index is 11.0. The summed E-state index contributed by atoms with van der Waals surface area (Å²) >= 11 is 0. The SMILES string of the molecule is Cl.N[C@@H](c1ccccc1C(=O)O)C1CCC1. The number of aromatic carboxylic acids is 1. The molecule has 0 aliphatic heterocycles. The summed E-state index contributed by atoms with van der Waals surface area (Å²) in [4.78, 5) is 11.0. The summed E-state index contributed by atoms with van der Waals surface area (Å²) in [7, 11) is 0. The van der Waals surface area contributed by atoms with Gasteiger partial charge in [0.2, 0.25) is 0 Å². The third-order valence-electron chi connectivity index (χ3n) is 3.21. The molecule has 3 N–H and O–H groups in total. The molecule has 0 bridgehead atoms. The fourth-order valence-corrected chi connectivity index (χ4v) is 2.04. The standard InChI is InChI=1S/C12H15NO2.ClH/c13-11(8-4-3-5-8)9-6-1-2-7-10(9)12(14)15;/h1-2,6-8,11H,3-5,13H2,(H,14,15);1H/t11-;/m1./s1. The van der Waals surface area contributed by atoms with E-state index in [1.54, 1.807) is 12.1 Å². The van der Waals surface area contributed by atoms with Gasteiger partial charge in [-0.25, -0.2) is 4.79 Å². The molecule has 1 aromatic carbocycles. The molecule has 0 amide bonds. The Morgan fingerprint density at radius 3 is 2.50 bits per heavy atom. The minimum Gasteiger partial charge on any atom is -0.478 e. The van der Waals surface area contributed by atoms with E-state index in [0.29, 0.717) is 11.5 Å². The summed E-state index contributed by atoms with van der Waals surface area (Å²) in [5.41, 5.74) is 7.19. The summed E-state index contributed by atoms with van der Waals surface area (Å²) in [6.45, 7) is 0. The van der Waals surface area contributed by atoms with Crippen molar-refractivity contribution in [3.63, 3.8) is 0 Å². The lowest BCUT2D eigenvalue weighted by Crippen LogP contribution is -2.28. The van der Waals surface area contributed by atoms with E-state index in [0.717, 1.165) is 18.4 Å². The molecule has 16 heavy (non-hydrogen) atoms. The van der Waals surface area contributed by atoms with Crippen molar-refractivity contribution in [2.24, 2.45) is 11.7 Å². The molecule has 1 aromatic rings. The van der Waals surface area contributed by atoms with Gasteiger partial charge in [0, 0.05) is 6.04 Å². The van der Waals surface area contributed by atoms with Gasteiger partial charge in [0.15, 0.2) is 0 Å². The van der Waals surface area contributed by atoms with Crippen LogP contribution in [0.25, 0.3) is 0 Å². The van der Waals surface area contributed by atoms with Crippen LogP contribution in [0.3, 0.4) is 0 Å². The number of hydrogen-bond acceptors (Lipinski definition) is 2. The van der Waals surface area contributed by atoms with Crippen molar-refractivity contribution in [2.75, 3.05) is 0 Å². The molecule has 88 valence electrons. The van der Waals surface area contributed by atoms with E-state index in [-0.39, 0.29) is 18.4 Å². The molecule has 1 aliphatic carbocycles. The lowest BCUT2D eigenvalue weighted by atomic mass is 9.77. The molecule has 2 rings (SSSR count). The first kappa shape index (κ1) is 13.0. The molecular weight excluding hydrogens is 226 g/mol. The first-order chi connectivity index (χ1) is 7.20. The highest BCUT2D eigenvalue weighted by atomic mass is 35.5. The number of nitrogens with two attached hydrogens (primary N) is 1. The van der Waals surface area contributed by atoms with Crippen LogP contribution in [0.1, 0.15) is 41.2 Å². The summed E-state index contributed by atoms with van der Waals surface area (Å²) in [6.07, 6.45) is 3.46. The van der Waals surface area contributed by atoms with Crippen LogP contribution in [0.5, 0.6) is 0 Å². The average molecular weight is 242 g/mol. The predicted octanol–water partition coefficient (Wildman–Crippen LogP) is 2.61. The third kappa shape index (κ3) is 2.36. The van der Waals surface area contributed by atoms with Crippen LogP contribution in [-0.4, -0.2) is 11.1 Å². The van der Waals surface area contributed by atoms with Crippen LogP contribution in [-0.2, 0) is 0 Å². The van der Waals surface area contributed by atoms with Gasteiger partial charge in [0.1, 0.15) is 0 Å². The Kier molecular flexibility index (Phi) is 4.33. The minimum absolute atomic E-state index is 0. The number of halogens is 1. The Hall–Kier alpha value is -1.06. The van der Waals surface area contributed by atoms with Gasteiger partial charge in [0.05, 0.1) is 5.56 Å². The van der Waals surface area contributed by atoms with Crippen molar-refractivity contribution >= 4 is 18.4 Å². The summed E-state index contributed by atoms with van der Waals surface area (Å²) in [5.74, 6) is -0.425. The molecule has 0 heterocycles. The van der Waals surface area contributed by atoms with Crippen LogP contribution in [0.4, 0.5) is 0 Å². The minimum atomic E-state index is -0.889. The first-order valence-corrected chi connectivity index (χ1v) is 5.28. The van der Waals surface area contributed by atoms with Gasteiger partial charge in [-0.05, 0) is 30.4 Å². The van der Waals surface area contributed by atoms with Gasteiger partial charge in [-0.1, -0.05) is 24.6 Å². The molecule has 0 unspecified atom stereocenters. The first-order valence-electron chi connectivity index (χ1n) is 5.28. The molecule has 0 aromatic heterocycles. The summed E-state index contributed by atoms with van der Waals surface area (Å²) in [5, 5.41) is 9.03. The molecule has 4 heteroatoms. The Bertz CT molecular complexity index is 377. The van der Waals surface area contributed by atoms with Crippen molar-refractivity contribution in [1.29, 1.82) is 0 Å². The van der Waals surface area contributed by atoms with E-state index in [9.17, 15) is 4.79 Å². The molecule has 0 radical (unpaired) electrons. The van der Waals surface area contributed by atoms with Gasteiger partial charge < -0.3 is 10.8 Å². The highest BCUT2D eigenvalue weighted by Crippen LogP contribution is 2.37. The van der Waals surface area contributed by atoms with E-state index < -0.39 is 5.97 Å². The fraction of sp³-hybridized carbons (Fsp3) is 0.417. The predicted molar refractivity (Wildman–Crippen MR) is 64.9 cm³/mol. The number of carbonyl (C=O) groups is 1. The fourth-order valence-electron chi connectivity index (χ4n) is 2.04. The second-order valence-corrected chi connectivity index (χ2v) is 4.11. The largest absolute Gasteiger partial charge is 0.478 e. The van der Waals surface area contributed by atoms with Crippen molar-refractivity contribution in [1.82, 2.24) is 0 Å². The topological polar surface area (TPSA) is 63.3 Å². The lowest BCUT2D eigenvalue weighted by molar-refractivity contribution is 0.0694. The van der Waals surface area contributed by atoms with Gasteiger partial charge in [0.25, 0.3) is 0 Å². The number of benzene rings is 1. The maximum atomic E-state index is 11.0. The van der Waals surface area contributed by atoms with Crippen LogP contribution in [0.15, 0.2) is 24.3 Å². The molecule has 1 aliphatic rings. The third-order valence-corrected chi connectivity index (χ3v) is 3.21. The van der Waals surface area contributed by atoms with E-state index in [2.05, 4.69) is 0 Å². The molecule has 0 spiro atoms. The molecule has 1 saturated carbocycles. The van der Waals surface area contributed by atoms with Crippen LogP contribution >= 0.6 is 12.4 Å². The van der Waals surface area contributed by atoms with E-state index in [1.807, 2.05) is 12.1 Å². The zero-order chi connectivity index (χ0) is 10.8. The monoisotopic (exact) mass is 241 g/mol. The van der Waals surface area contributed by atoms with Crippen molar-refractivity contribution < 1.29 is 9.90 Å². The Morgan fingerprint density at radius 2 is 2.00 bits per heavy atom. The zero-order valence-electron chi connectivity index (χ0n) is 8.93. The lowest BCUT2D eigenvalue weighted by Gasteiger charge is -2.32. The highest BCUT2D eigenvalue weighted by Gasteiger charge is 2.27. The molecule has 1 atom stereocenters. The Balaban J connectivity index is 0.00000128. The number of hydrogen-bond donors (Lipinski definition) is 2. The van der Waals surface area contributed by atoms with Crippen LogP contribution in [0.2, 0.25) is 0 Å². The van der Waals surface area contributed by atoms with Gasteiger partial charge in [-0.2, -0.15) is 0 Å². The maximum Gasteiger partial charge on any atom is 0.336 e. The molecule has 3 nitrogen and oxygen atoms in total. The van der Waals surface area contributed by atoms with Crippen LogP contribution < -0.4 is 5.73 Å². The van der Waals surface area contributed by atoms with Crippen molar-refractivity contribution in [2.45, 2.75) is 25.3 Å². The number of carboxylic acid groups (broad SMARTS) is 1. The average Bonchev–Trinajstić information content (AvgIpc) is 2.15. The summed E-state index contributed by atoms with van der Waals surface area (Å²) in [6, 6.07) is 6.91. The van der Waals surface area contributed by atoms with Gasteiger partial charge in [-0.3, -0.25) is 0 Å². The van der Waals surface area contributed by atoms with Crippen LogP contribution in [0, 0.1) is 5.92 Å². The van der Waals surface area contributed by atoms with Gasteiger partial charge in [-0.15, -0.1) is 12.4 Å². The quantitative estimate of drug-likeness (QED) is 0.855.